The van der Waals surface area contributed by atoms with E-state index < -0.39 is 0 Å². The first-order valence-electron chi connectivity index (χ1n) is 8.87. The van der Waals surface area contributed by atoms with Gasteiger partial charge in [-0.3, -0.25) is 9.59 Å². The van der Waals surface area contributed by atoms with Crippen molar-refractivity contribution >= 4 is 28.3 Å². The second-order valence-electron chi connectivity index (χ2n) is 6.79. The fourth-order valence-electron chi connectivity index (χ4n) is 3.54. The third-order valence-electron chi connectivity index (χ3n) is 4.98. The summed E-state index contributed by atoms with van der Waals surface area (Å²) in [6, 6.07) is 21.6. The van der Waals surface area contributed by atoms with Crippen LogP contribution in [0.1, 0.15) is 17.5 Å². The van der Waals surface area contributed by atoms with Crippen molar-refractivity contribution in [3.8, 4) is 0 Å². The van der Waals surface area contributed by atoms with Crippen LogP contribution < -0.4 is 10.2 Å². The van der Waals surface area contributed by atoms with Gasteiger partial charge in [-0.05, 0) is 29.8 Å². The van der Waals surface area contributed by atoms with E-state index in [9.17, 15) is 9.59 Å². The zero-order chi connectivity index (χ0) is 18.1. The molecular weight excluding hydrogens is 324 g/mol. The van der Waals surface area contributed by atoms with Crippen LogP contribution in [0.3, 0.4) is 0 Å². The highest BCUT2D eigenvalue weighted by molar-refractivity contribution is 6.21. The molecule has 0 unspecified atom stereocenters. The molecule has 2 N–H and O–H groups in total. The highest BCUT2D eigenvalue weighted by atomic mass is 16.2. The second kappa shape index (κ2) is 6.73. The summed E-state index contributed by atoms with van der Waals surface area (Å²) in [7, 11) is 0. The zero-order valence-corrected chi connectivity index (χ0v) is 14.7. The molecule has 0 aromatic heterocycles. The molecule has 0 spiro atoms. The van der Waals surface area contributed by atoms with Gasteiger partial charge in [0.05, 0.1) is 12.1 Å². The largest absolute Gasteiger partial charge is 0.332 e. The second-order valence-corrected chi connectivity index (χ2v) is 6.79. The van der Waals surface area contributed by atoms with Crippen molar-refractivity contribution in [1.82, 2.24) is 0 Å². The standard InChI is InChI=1S/C22H20N2O2/c1-15-9-11-18(12-10-15)24-21(25)13-20(22(24)26)23-14-17-7-4-6-16-5-2-3-8-19(16)17/h2-12,20,23H,13-14H2,1H3/p+1/t20-/m1/s1. The molecule has 130 valence electrons. The number of amides is 2. The first-order chi connectivity index (χ1) is 12.6. The van der Waals surface area contributed by atoms with E-state index in [0.29, 0.717) is 12.2 Å². The van der Waals surface area contributed by atoms with Gasteiger partial charge in [-0.2, -0.15) is 0 Å². The first kappa shape index (κ1) is 16.5. The summed E-state index contributed by atoms with van der Waals surface area (Å²) in [6.45, 7) is 2.66. The number of carbonyl (C=O) groups is 2. The molecule has 3 aromatic rings. The number of quaternary nitrogens is 1. The van der Waals surface area contributed by atoms with Crippen molar-refractivity contribution in [3.05, 3.63) is 77.9 Å². The van der Waals surface area contributed by atoms with E-state index in [1.807, 2.05) is 54.7 Å². The summed E-state index contributed by atoms with van der Waals surface area (Å²) < 4.78 is 0. The van der Waals surface area contributed by atoms with Crippen LogP contribution in [0, 0.1) is 6.92 Å². The molecule has 0 radical (unpaired) electrons. The number of imide groups is 1. The number of carbonyl (C=O) groups excluding carboxylic acids is 2. The van der Waals surface area contributed by atoms with E-state index in [2.05, 4.69) is 24.3 Å². The summed E-state index contributed by atoms with van der Waals surface area (Å²) in [5, 5.41) is 4.36. The molecule has 4 heteroatoms. The molecular formula is C22H21N2O2+. The van der Waals surface area contributed by atoms with E-state index in [-0.39, 0.29) is 24.3 Å². The maximum atomic E-state index is 12.8. The van der Waals surface area contributed by atoms with Crippen LogP contribution in [0.4, 0.5) is 5.69 Å². The third kappa shape index (κ3) is 3.00. The lowest BCUT2D eigenvalue weighted by atomic mass is 10.0. The van der Waals surface area contributed by atoms with Gasteiger partial charge in [-0.1, -0.05) is 60.2 Å². The van der Waals surface area contributed by atoms with Gasteiger partial charge in [0.2, 0.25) is 5.91 Å². The third-order valence-corrected chi connectivity index (χ3v) is 4.98. The first-order valence-corrected chi connectivity index (χ1v) is 8.87. The minimum Gasteiger partial charge on any atom is -0.332 e. The van der Waals surface area contributed by atoms with E-state index in [1.54, 1.807) is 0 Å². The lowest BCUT2D eigenvalue weighted by Crippen LogP contribution is -2.90. The Morgan fingerprint density at radius 3 is 2.50 bits per heavy atom. The van der Waals surface area contributed by atoms with Crippen LogP contribution in [0.5, 0.6) is 0 Å². The Hall–Kier alpha value is -2.98. The Kier molecular flexibility index (Phi) is 4.27. The number of hydrogen-bond donors (Lipinski definition) is 1. The van der Waals surface area contributed by atoms with Gasteiger partial charge in [-0.25, -0.2) is 4.90 Å². The minimum atomic E-state index is -0.359. The molecule has 1 aliphatic rings. The van der Waals surface area contributed by atoms with Crippen LogP contribution >= 0.6 is 0 Å². The average Bonchev–Trinajstić information content (AvgIpc) is 2.94. The van der Waals surface area contributed by atoms with Gasteiger partial charge in [0.1, 0.15) is 6.54 Å². The summed E-state index contributed by atoms with van der Waals surface area (Å²) in [4.78, 5) is 26.5. The molecule has 0 bridgehead atoms. The molecule has 0 saturated carbocycles. The molecule has 1 fully saturated rings. The highest BCUT2D eigenvalue weighted by Gasteiger charge is 2.42. The van der Waals surface area contributed by atoms with Gasteiger partial charge in [0.25, 0.3) is 5.91 Å². The lowest BCUT2D eigenvalue weighted by Gasteiger charge is -2.14. The number of aryl methyl sites for hydroxylation is 1. The topological polar surface area (TPSA) is 54.0 Å². The van der Waals surface area contributed by atoms with E-state index in [4.69, 9.17) is 0 Å². The van der Waals surface area contributed by atoms with Crippen LogP contribution in [0.25, 0.3) is 10.8 Å². The van der Waals surface area contributed by atoms with Gasteiger partial charge < -0.3 is 5.32 Å². The van der Waals surface area contributed by atoms with Crippen molar-refractivity contribution < 1.29 is 14.9 Å². The minimum absolute atomic E-state index is 0.126. The van der Waals surface area contributed by atoms with Crippen molar-refractivity contribution in [2.45, 2.75) is 25.9 Å². The van der Waals surface area contributed by atoms with Gasteiger partial charge >= 0.3 is 0 Å². The molecule has 4 nitrogen and oxygen atoms in total. The molecule has 26 heavy (non-hydrogen) atoms. The van der Waals surface area contributed by atoms with Crippen molar-refractivity contribution in [2.24, 2.45) is 0 Å². The van der Waals surface area contributed by atoms with Crippen LogP contribution in [-0.4, -0.2) is 17.9 Å². The molecule has 0 aliphatic carbocycles. The SMILES string of the molecule is Cc1ccc(N2C(=O)C[C@@H]([NH2+]Cc3cccc4ccccc34)C2=O)cc1. The number of nitrogens with zero attached hydrogens (tertiary/aromatic N) is 1. The Morgan fingerprint density at radius 1 is 0.962 bits per heavy atom. The predicted molar refractivity (Wildman–Crippen MR) is 102 cm³/mol. The summed E-state index contributed by atoms with van der Waals surface area (Å²) in [6.07, 6.45) is 0.247. The summed E-state index contributed by atoms with van der Waals surface area (Å²) in [5.41, 5.74) is 2.94. The van der Waals surface area contributed by atoms with Crippen LogP contribution in [0.2, 0.25) is 0 Å². The lowest BCUT2D eigenvalue weighted by molar-refractivity contribution is -0.689. The number of benzene rings is 3. The summed E-state index contributed by atoms with van der Waals surface area (Å²) in [5.74, 6) is -0.253. The summed E-state index contributed by atoms with van der Waals surface area (Å²) >= 11 is 0. The van der Waals surface area contributed by atoms with Gasteiger partial charge in [-0.15, -0.1) is 0 Å². The average molecular weight is 345 g/mol. The fraction of sp³-hybridized carbons (Fsp3) is 0.182. The smallest absolute Gasteiger partial charge is 0.292 e. The van der Waals surface area contributed by atoms with E-state index in [0.717, 1.165) is 5.56 Å². The molecule has 2 amide bonds. The number of rotatable bonds is 4. The molecule has 1 saturated heterocycles. The molecule has 1 aliphatic heterocycles. The van der Waals surface area contributed by atoms with Crippen molar-refractivity contribution in [3.63, 3.8) is 0 Å². The Bertz CT molecular complexity index is 974. The molecule has 4 rings (SSSR count). The number of anilines is 1. The van der Waals surface area contributed by atoms with Crippen LogP contribution in [-0.2, 0) is 16.1 Å². The number of hydrogen-bond acceptors (Lipinski definition) is 2. The monoisotopic (exact) mass is 345 g/mol. The van der Waals surface area contributed by atoms with E-state index >= 15 is 0 Å². The Balaban J connectivity index is 1.51. The quantitative estimate of drug-likeness (QED) is 0.739. The maximum Gasteiger partial charge on any atom is 0.292 e. The Labute approximate surface area is 152 Å². The van der Waals surface area contributed by atoms with Crippen LogP contribution in [0.15, 0.2) is 66.7 Å². The molecule has 3 aromatic carbocycles. The van der Waals surface area contributed by atoms with Gasteiger partial charge in [0, 0.05) is 5.56 Å². The van der Waals surface area contributed by atoms with Crippen molar-refractivity contribution in [1.29, 1.82) is 0 Å². The number of fused-ring (bicyclic) bond motifs is 1. The molecule has 1 atom stereocenters. The predicted octanol–water partition coefficient (Wildman–Crippen LogP) is 2.54. The Morgan fingerprint density at radius 2 is 1.69 bits per heavy atom. The molecule has 1 heterocycles. The maximum absolute atomic E-state index is 12.8. The van der Waals surface area contributed by atoms with E-state index in [1.165, 1.54) is 21.2 Å². The fourth-order valence-corrected chi connectivity index (χ4v) is 3.54. The number of nitrogens with two attached hydrogens (primary N) is 1. The van der Waals surface area contributed by atoms with Gasteiger partial charge in [0.15, 0.2) is 6.04 Å². The normalized spacial score (nSPS) is 17.3. The van der Waals surface area contributed by atoms with Crippen molar-refractivity contribution in [2.75, 3.05) is 4.90 Å². The highest BCUT2D eigenvalue weighted by Crippen LogP contribution is 2.22. The zero-order valence-electron chi connectivity index (χ0n) is 14.7.